The van der Waals surface area contributed by atoms with Gasteiger partial charge in [0.2, 0.25) is 0 Å². The van der Waals surface area contributed by atoms with E-state index in [2.05, 4.69) is 20.5 Å². The second-order valence-corrected chi connectivity index (χ2v) is 4.43. The third-order valence-electron chi connectivity index (χ3n) is 2.73. The molecule has 8 nitrogen and oxygen atoms in total. The molecular weight excluding hydrogens is 274 g/mol. The van der Waals surface area contributed by atoms with Gasteiger partial charge < -0.3 is 10.1 Å². The minimum atomic E-state index is -0.430. The van der Waals surface area contributed by atoms with Gasteiger partial charge in [-0.3, -0.25) is 15.2 Å². The van der Waals surface area contributed by atoms with E-state index in [-0.39, 0.29) is 5.69 Å². The fourth-order valence-corrected chi connectivity index (χ4v) is 1.77. The van der Waals surface area contributed by atoms with Crippen LogP contribution in [0.3, 0.4) is 0 Å². The number of H-pyrrole nitrogens is 1. The van der Waals surface area contributed by atoms with Crippen molar-refractivity contribution in [3.05, 3.63) is 40.5 Å². The summed E-state index contributed by atoms with van der Waals surface area (Å²) in [5, 5.41) is 20.6. The molecule has 0 saturated carbocycles. The van der Waals surface area contributed by atoms with E-state index < -0.39 is 4.92 Å². The molecule has 0 fully saturated rings. The Morgan fingerprint density at radius 1 is 1.43 bits per heavy atom. The number of non-ortho nitro benzene ring substituents is 1. The van der Waals surface area contributed by atoms with Crippen LogP contribution < -0.4 is 10.1 Å². The third-order valence-corrected chi connectivity index (χ3v) is 2.73. The minimum absolute atomic E-state index is 0.00534. The molecule has 0 atom stereocenters. The molecule has 1 heterocycles. The van der Waals surface area contributed by atoms with Crippen LogP contribution in [0.1, 0.15) is 19.2 Å². The lowest BCUT2D eigenvalue weighted by atomic mass is 10.2. The lowest BCUT2D eigenvalue weighted by molar-refractivity contribution is -0.384. The first kappa shape index (κ1) is 14.8. The maximum Gasteiger partial charge on any atom is 0.275 e. The lowest BCUT2D eigenvalue weighted by Gasteiger charge is -2.09. The van der Waals surface area contributed by atoms with E-state index in [0.29, 0.717) is 31.0 Å². The van der Waals surface area contributed by atoms with Crippen molar-refractivity contribution in [1.82, 2.24) is 15.2 Å². The summed E-state index contributed by atoms with van der Waals surface area (Å²) < 4.78 is 5.47. The fourth-order valence-electron chi connectivity index (χ4n) is 1.77. The Hall–Kier alpha value is -2.64. The summed E-state index contributed by atoms with van der Waals surface area (Å²) in [5.41, 5.74) is 0.653. The van der Waals surface area contributed by atoms with Gasteiger partial charge in [-0.1, -0.05) is 6.92 Å². The van der Waals surface area contributed by atoms with E-state index in [1.807, 2.05) is 6.92 Å². The molecule has 8 heteroatoms. The van der Waals surface area contributed by atoms with Crippen molar-refractivity contribution in [2.24, 2.45) is 0 Å². The average Bonchev–Trinajstić information content (AvgIpc) is 2.98. The largest absolute Gasteiger partial charge is 0.493 e. The van der Waals surface area contributed by atoms with Crippen LogP contribution >= 0.6 is 0 Å². The maximum absolute atomic E-state index is 10.9. The number of aromatic nitrogens is 3. The highest BCUT2D eigenvalue weighted by atomic mass is 16.6. The van der Waals surface area contributed by atoms with Gasteiger partial charge in [-0.05, 0) is 6.42 Å². The molecule has 0 spiro atoms. The number of nitrogens with one attached hydrogen (secondary N) is 2. The summed E-state index contributed by atoms with van der Waals surface area (Å²) in [6, 6.07) is 4.67. The van der Waals surface area contributed by atoms with E-state index in [4.69, 9.17) is 4.74 Å². The van der Waals surface area contributed by atoms with Gasteiger partial charge in [-0.2, -0.15) is 5.10 Å². The van der Waals surface area contributed by atoms with Crippen LogP contribution in [0.4, 0.5) is 11.4 Å². The topological polar surface area (TPSA) is 106 Å². The highest BCUT2D eigenvalue weighted by molar-refractivity contribution is 5.56. The number of aromatic amines is 1. The molecule has 0 aliphatic rings. The lowest BCUT2D eigenvalue weighted by Crippen LogP contribution is -2.07. The zero-order valence-electron chi connectivity index (χ0n) is 11.7. The summed E-state index contributed by atoms with van der Waals surface area (Å²) in [4.78, 5) is 14.5. The molecule has 0 radical (unpaired) electrons. The molecule has 21 heavy (non-hydrogen) atoms. The van der Waals surface area contributed by atoms with Crippen molar-refractivity contribution < 1.29 is 9.66 Å². The maximum atomic E-state index is 10.9. The molecule has 0 unspecified atom stereocenters. The molecule has 0 saturated heterocycles. The van der Waals surface area contributed by atoms with Crippen molar-refractivity contribution in [2.75, 3.05) is 18.5 Å². The van der Waals surface area contributed by atoms with Crippen molar-refractivity contribution in [2.45, 2.75) is 19.8 Å². The summed E-state index contributed by atoms with van der Waals surface area (Å²) in [7, 11) is 0. The van der Waals surface area contributed by atoms with E-state index in [0.717, 1.165) is 12.2 Å². The van der Waals surface area contributed by atoms with Gasteiger partial charge in [-0.25, -0.2) is 4.98 Å². The predicted molar refractivity (Wildman–Crippen MR) is 77.5 cm³/mol. The predicted octanol–water partition coefficient (Wildman–Crippen LogP) is 2.16. The van der Waals surface area contributed by atoms with E-state index in [9.17, 15) is 10.1 Å². The van der Waals surface area contributed by atoms with Crippen molar-refractivity contribution in [1.29, 1.82) is 0 Å². The Kier molecular flexibility index (Phi) is 5.08. The Morgan fingerprint density at radius 3 is 2.95 bits per heavy atom. The number of hydrogen-bond donors (Lipinski definition) is 2. The van der Waals surface area contributed by atoms with Crippen molar-refractivity contribution in [3.8, 4) is 5.75 Å². The van der Waals surface area contributed by atoms with Gasteiger partial charge in [0.05, 0.1) is 17.6 Å². The highest BCUT2D eigenvalue weighted by Crippen LogP contribution is 2.26. The average molecular weight is 291 g/mol. The number of anilines is 1. The van der Waals surface area contributed by atoms with Crippen LogP contribution in [0, 0.1) is 10.1 Å². The molecule has 0 bridgehead atoms. The zero-order valence-corrected chi connectivity index (χ0v) is 11.7. The first-order chi connectivity index (χ1) is 10.2. The monoisotopic (exact) mass is 291 g/mol. The van der Waals surface area contributed by atoms with Crippen LogP contribution in [0.2, 0.25) is 0 Å². The zero-order chi connectivity index (χ0) is 15.1. The smallest absolute Gasteiger partial charge is 0.275 e. The third kappa shape index (κ3) is 4.44. The molecule has 0 aliphatic heterocycles. The van der Waals surface area contributed by atoms with Gasteiger partial charge in [0, 0.05) is 30.8 Å². The van der Waals surface area contributed by atoms with Gasteiger partial charge in [0.1, 0.15) is 17.9 Å². The molecule has 2 aromatic rings. The van der Waals surface area contributed by atoms with Gasteiger partial charge >= 0.3 is 0 Å². The number of nitro groups is 1. The van der Waals surface area contributed by atoms with Crippen molar-refractivity contribution >= 4 is 11.4 Å². The molecule has 0 amide bonds. The van der Waals surface area contributed by atoms with Crippen LogP contribution in [-0.2, 0) is 6.42 Å². The summed E-state index contributed by atoms with van der Waals surface area (Å²) in [6.07, 6.45) is 2.93. The van der Waals surface area contributed by atoms with E-state index in [1.165, 1.54) is 18.5 Å². The first-order valence-electron chi connectivity index (χ1n) is 6.69. The highest BCUT2D eigenvalue weighted by Gasteiger charge is 2.10. The Labute approximate surface area is 121 Å². The van der Waals surface area contributed by atoms with E-state index >= 15 is 0 Å². The van der Waals surface area contributed by atoms with Crippen LogP contribution in [-0.4, -0.2) is 33.3 Å². The van der Waals surface area contributed by atoms with Gasteiger partial charge in [0.25, 0.3) is 5.69 Å². The number of rotatable bonds is 8. The molecule has 1 aromatic heterocycles. The van der Waals surface area contributed by atoms with Gasteiger partial charge in [-0.15, -0.1) is 0 Å². The SMILES string of the molecule is CCCOc1cc(NCCc2ncn[nH]2)cc([N+](=O)[O-])c1. The Morgan fingerprint density at radius 2 is 2.29 bits per heavy atom. The molecular formula is C13H17N5O3. The summed E-state index contributed by atoms with van der Waals surface area (Å²) in [6.45, 7) is 3.09. The minimum Gasteiger partial charge on any atom is -0.493 e. The standard InChI is InChI=1S/C13H17N5O3/c1-2-5-21-12-7-10(6-11(8-12)18(19)20)14-4-3-13-15-9-16-17-13/h6-9,14H,2-5H2,1H3,(H,15,16,17). The number of nitro benzene ring substituents is 1. The number of ether oxygens (including phenoxy) is 1. The van der Waals surface area contributed by atoms with Crippen LogP contribution in [0.25, 0.3) is 0 Å². The second kappa shape index (κ2) is 7.22. The molecule has 1 aromatic carbocycles. The number of hydrogen-bond acceptors (Lipinski definition) is 6. The van der Waals surface area contributed by atoms with Crippen molar-refractivity contribution in [3.63, 3.8) is 0 Å². The number of benzene rings is 1. The molecule has 112 valence electrons. The molecule has 2 rings (SSSR count). The van der Waals surface area contributed by atoms with Crippen LogP contribution in [0.5, 0.6) is 5.75 Å². The molecule has 2 N–H and O–H groups in total. The molecule has 0 aliphatic carbocycles. The van der Waals surface area contributed by atoms with E-state index in [1.54, 1.807) is 6.07 Å². The Balaban J connectivity index is 2.02. The van der Waals surface area contributed by atoms with Crippen LogP contribution in [0.15, 0.2) is 24.5 Å². The summed E-state index contributed by atoms with van der Waals surface area (Å²) in [5.74, 6) is 1.25. The Bertz CT molecular complexity index is 585. The fraction of sp³-hybridized carbons (Fsp3) is 0.385. The summed E-state index contributed by atoms with van der Waals surface area (Å²) >= 11 is 0. The normalized spacial score (nSPS) is 10.3. The first-order valence-corrected chi connectivity index (χ1v) is 6.69. The van der Waals surface area contributed by atoms with Gasteiger partial charge in [0.15, 0.2) is 0 Å². The quantitative estimate of drug-likeness (QED) is 0.570. The number of nitrogens with zero attached hydrogens (tertiary/aromatic N) is 3. The second-order valence-electron chi connectivity index (χ2n) is 4.43.